The first kappa shape index (κ1) is 10.7. The van der Waals surface area contributed by atoms with Gasteiger partial charge >= 0.3 is 0 Å². The lowest BCUT2D eigenvalue weighted by Gasteiger charge is -2.07. The molecule has 1 aromatic rings. The van der Waals surface area contributed by atoms with Crippen LogP contribution in [0.25, 0.3) is 0 Å². The Bertz CT molecular complexity index is 251. The van der Waals surface area contributed by atoms with E-state index >= 15 is 0 Å². The van der Waals surface area contributed by atoms with E-state index in [1.807, 2.05) is 7.05 Å². The first-order chi connectivity index (χ1) is 6.24. The van der Waals surface area contributed by atoms with Gasteiger partial charge < -0.3 is 4.74 Å². The number of aromatic nitrogens is 3. The number of nitrogens with zero attached hydrogens (tertiary/aromatic N) is 3. The minimum Gasteiger partial charge on any atom is -0.384 e. The molecule has 0 amide bonds. The van der Waals surface area contributed by atoms with E-state index in [0.717, 1.165) is 25.3 Å². The molecule has 0 bridgehead atoms. The quantitative estimate of drug-likeness (QED) is 0.734. The van der Waals surface area contributed by atoms with E-state index in [4.69, 9.17) is 4.74 Å². The molecule has 1 atom stereocenters. The fourth-order valence-corrected chi connectivity index (χ4v) is 1.59. The number of halogens is 1. The molecule has 0 aliphatic heterocycles. The summed E-state index contributed by atoms with van der Waals surface area (Å²) < 4.78 is 6.81. The summed E-state index contributed by atoms with van der Waals surface area (Å²) in [4.78, 5) is 4.54. The molecule has 0 aromatic carbocycles. The minimum absolute atomic E-state index is 0.397. The van der Waals surface area contributed by atoms with Gasteiger partial charge in [-0.2, -0.15) is 5.10 Å². The van der Waals surface area contributed by atoms with Gasteiger partial charge in [-0.25, -0.2) is 4.98 Å². The maximum absolute atomic E-state index is 5.01. The third-order valence-electron chi connectivity index (χ3n) is 1.83. The highest BCUT2D eigenvalue weighted by atomic mass is 79.9. The number of aryl methyl sites for hydroxylation is 2. The molecular formula is C8H14BrN3O. The van der Waals surface area contributed by atoms with Crippen molar-refractivity contribution >= 4 is 15.9 Å². The van der Waals surface area contributed by atoms with Crippen molar-refractivity contribution in [3.8, 4) is 0 Å². The predicted octanol–water partition coefficient (Wildman–Crippen LogP) is 1.16. The zero-order valence-corrected chi connectivity index (χ0v) is 9.49. The summed E-state index contributed by atoms with van der Waals surface area (Å²) in [5.74, 6) is 1.01. The molecule has 4 nitrogen and oxygen atoms in total. The van der Waals surface area contributed by atoms with Crippen molar-refractivity contribution in [1.82, 2.24) is 14.8 Å². The number of hydrogen-bond acceptors (Lipinski definition) is 3. The van der Waals surface area contributed by atoms with E-state index in [1.165, 1.54) is 0 Å². The molecule has 1 rings (SSSR count). The normalized spacial score (nSPS) is 13.2. The van der Waals surface area contributed by atoms with Crippen LogP contribution in [-0.4, -0.2) is 33.3 Å². The van der Waals surface area contributed by atoms with Crippen molar-refractivity contribution in [2.45, 2.75) is 17.7 Å². The average Bonchev–Trinajstić information content (AvgIpc) is 2.48. The topological polar surface area (TPSA) is 39.9 Å². The molecule has 0 N–H and O–H groups in total. The second-order valence-corrected chi connectivity index (χ2v) is 4.19. The molecule has 1 aromatic heterocycles. The van der Waals surface area contributed by atoms with Crippen molar-refractivity contribution in [3.05, 3.63) is 12.2 Å². The molecule has 0 radical (unpaired) electrons. The van der Waals surface area contributed by atoms with E-state index < -0.39 is 0 Å². The van der Waals surface area contributed by atoms with E-state index in [2.05, 4.69) is 26.0 Å². The monoisotopic (exact) mass is 247 g/mol. The maximum Gasteiger partial charge on any atom is 0.138 e. The van der Waals surface area contributed by atoms with Crippen LogP contribution < -0.4 is 0 Å². The molecule has 5 heteroatoms. The standard InChI is InChI=1S/C8H14BrN3O/c1-12-8(10-6-11-12)4-3-7(9)5-13-2/h6-7H,3-5H2,1-2H3. The zero-order valence-electron chi connectivity index (χ0n) is 7.90. The summed E-state index contributed by atoms with van der Waals surface area (Å²) in [6, 6.07) is 0. The average molecular weight is 248 g/mol. The Balaban J connectivity index is 2.30. The highest BCUT2D eigenvalue weighted by Crippen LogP contribution is 2.08. The number of hydrogen-bond donors (Lipinski definition) is 0. The lowest BCUT2D eigenvalue weighted by atomic mass is 10.2. The van der Waals surface area contributed by atoms with Crippen LogP contribution in [0, 0.1) is 0 Å². The van der Waals surface area contributed by atoms with E-state index in [1.54, 1.807) is 18.1 Å². The Morgan fingerprint density at radius 1 is 1.69 bits per heavy atom. The fourth-order valence-electron chi connectivity index (χ4n) is 1.10. The molecule has 0 saturated carbocycles. The maximum atomic E-state index is 5.01. The van der Waals surface area contributed by atoms with Crippen molar-refractivity contribution in [1.29, 1.82) is 0 Å². The lowest BCUT2D eigenvalue weighted by molar-refractivity contribution is 0.198. The van der Waals surface area contributed by atoms with Crippen molar-refractivity contribution in [2.75, 3.05) is 13.7 Å². The van der Waals surface area contributed by atoms with Crippen LogP contribution in [0.4, 0.5) is 0 Å². The summed E-state index contributed by atoms with van der Waals surface area (Å²) >= 11 is 3.53. The number of ether oxygens (including phenoxy) is 1. The highest BCUT2D eigenvalue weighted by molar-refractivity contribution is 9.09. The van der Waals surface area contributed by atoms with Crippen molar-refractivity contribution in [2.24, 2.45) is 7.05 Å². The van der Waals surface area contributed by atoms with Gasteiger partial charge in [0.15, 0.2) is 0 Å². The molecular weight excluding hydrogens is 234 g/mol. The molecule has 0 saturated heterocycles. The third kappa shape index (κ3) is 3.44. The van der Waals surface area contributed by atoms with Gasteiger partial charge in [0.05, 0.1) is 6.61 Å². The van der Waals surface area contributed by atoms with Crippen molar-refractivity contribution < 1.29 is 4.74 Å². The van der Waals surface area contributed by atoms with Gasteiger partial charge in [0, 0.05) is 25.4 Å². The molecule has 0 aliphatic rings. The van der Waals surface area contributed by atoms with Crippen LogP contribution in [0.2, 0.25) is 0 Å². The van der Waals surface area contributed by atoms with Gasteiger partial charge in [-0.1, -0.05) is 15.9 Å². The van der Waals surface area contributed by atoms with Crippen LogP contribution in [0.3, 0.4) is 0 Å². The van der Waals surface area contributed by atoms with Crippen molar-refractivity contribution in [3.63, 3.8) is 0 Å². The number of methoxy groups -OCH3 is 1. The smallest absolute Gasteiger partial charge is 0.138 e. The molecule has 1 unspecified atom stereocenters. The summed E-state index contributed by atoms with van der Waals surface area (Å²) in [5, 5.41) is 4.00. The summed E-state index contributed by atoms with van der Waals surface area (Å²) in [7, 11) is 3.61. The number of alkyl halides is 1. The molecule has 0 fully saturated rings. The van der Waals surface area contributed by atoms with E-state index in [0.29, 0.717) is 4.83 Å². The van der Waals surface area contributed by atoms with E-state index in [-0.39, 0.29) is 0 Å². The molecule has 13 heavy (non-hydrogen) atoms. The van der Waals surface area contributed by atoms with Crippen LogP contribution in [-0.2, 0) is 18.2 Å². The SMILES string of the molecule is COCC(Br)CCc1ncnn1C. The van der Waals surface area contributed by atoms with Gasteiger partial charge in [-0.05, 0) is 6.42 Å². The van der Waals surface area contributed by atoms with Crippen LogP contribution in [0.5, 0.6) is 0 Å². The van der Waals surface area contributed by atoms with Crippen LogP contribution >= 0.6 is 15.9 Å². The summed E-state index contributed by atoms with van der Waals surface area (Å²) in [5.41, 5.74) is 0. The Morgan fingerprint density at radius 3 is 3.00 bits per heavy atom. The largest absolute Gasteiger partial charge is 0.384 e. The molecule has 0 aliphatic carbocycles. The van der Waals surface area contributed by atoms with Gasteiger partial charge in [-0.3, -0.25) is 4.68 Å². The second-order valence-electron chi connectivity index (χ2n) is 2.89. The highest BCUT2D eigenvalue weighted by Gasteiger charge is 2.06. The van der Waals surface area contributed by atoms with E-state index in [9.17, 15) is 0 Å². The molecule has 1 heterocycles. The summed E-state index contributed by atoms with van der Waals surface area (Å²) in [6.07, 6.45) is 3.52. The fraction of sp³-hybridized carbons (Fsp3) is 0.750. The first-order valence-electron chi connectivity index (χ1n) is 4.20. The Kier molecular flexibility index (Phi) is 4.38. The van der Waals surface area contributed by atoms with Gasteiger partial charge in [0.25, 0.3) is 0 Å². The molecule has 74 valence electrons. The second kappa shape index (κ2) is 5.34. The van der Waals surface area contributed by atoms with Gasteiger partial charge in [-0.15, -0.1) is 0 Å². The number of rotatable bonds is 5. The van der Waals surface area contributed by atoms with Gasteiger partial charge in [0.2, 0.25) is 0 Å². The Morgan fingerprint density at radius 2 is 2.46 bits per heavy atom. The Labute approximate surface area is 86.4 Å². The minimum atomic E-state index is 0.397. The van der Waals surface area contributed by atoms with Gasteiger partial charge in [0.1, 0.15) is 12.2 Å². The zero-order chi connectivity index (χ0) is 9.68. The third-order valence-corrected chi connectivity index (χ3v) is 2.56. The van der Waals surface area contributed by atoms with Crippen LogP contribution in [0.1, 0.15) is 12.2 Å². The lowest BCUT2D eigenvalue weighted by Crippen LogP contribution is -2.10. The first-order valence-corrected chi connectivity index (χ1v) is 5.11. The van der Waals surface area contributed by atoms with Crippen LogP contribution in [0.15, 0.2) is 6.33 Å². The summed E-state index contributed by atoms with van der Waals surface area (Å²) in [6.45, 7) is 0.734. The Hall–Kier alpha value is -0.420. The predicted molar refractivity (Wildman–Crippen MR) is 53.9 cm³/mol. The molecule has 0 spiro atoms.